The van der Waals surface area contributed by atoms with Crippen LogP contribution in [0, 0.1) is 0 Å². The van der Waals surface area contributed by atoms with Crippen molar-refractivity contribution < 1.29 is 35.9 Å². The van der Waals surface area contributed by atoms with Gasteiger partial charge in [-0.2, -0.15) is 13.2 Å². The molecule has 0 radical (unpaired) electrons. The first-order chi connectivity index (χ1) is 8.57. The Morgan fingerprint density at radius 3 is 2.26 bits per heavy atom. The molecule has 2 nitrogen and oxygen atoms in total. The third-order valence-corrected chi connectivity index (χ3v) is 2.03. The van der Waals surface area contributed by atoms with E-state index in [1.54, 1.807) is 0 Å². The Kier molecular flexibility index (Phi) is 4.43. The molecule has 0 aliphatic rings. The summed E-state index contributed by atoms with van der Waals surface area (Å²) >= 11 is 0. The van der Waals surface area contributed by atoms with Gasteiger partial charge in [-0.3, -0.25) is 4.79 Å². The van der Waals surface area contributed by atoms with Crippen molar-refractivity contribution >= 4 is 5.78 Å². The van der Waals surface area contributed by atoms with Crippen LogP contribution in [0.15, 0.2) is 24.3 Å². The number of ketones is 1. The van der Waals surface area contributed by atoms with Gasteiger partial charge in [-0.05, 0) is 12.1 Å². The van der Waals surface area contributed by atoms with E-state index in [4.69, 9.17) is 0 Å². The molecule has 0 aliphatic heterocycles. The minimum atomic E-state index is -4.92. The zero-order chi connectivity index (χ0) is 14.7. The fraction of sp³-hybridized carbons (Fsp3) is 0.364. The zero-order valence-corrected chi connectivity index (χ0v) is 9.31. The lowest BCUT2D eigenvalue weighted by Gasteiger charge is -2.10. The van der Waals surface area contributed by atoms with Crippen molar-refractivity contribution in [3.8, 4) is 5.75 Å². The largest absolute Gasteiger partial charge is 0.573 e. The van der Waals surface area contributed by atoms with Gasteiger partial charge in [0.15, 0.2) is 5.78 Å². The standard InChI is InChI=1S/C11H8F6O2/c12-10(13,14)5-4-9(18)7-2-1-3-8(6-7)19-11(15,16)17/h1-3,6H,4-5H2. The fourth-order valence-electron chi connectivity index (χ4n) is 1.27. The molecule has 0 fully saturated rings. The summed E-state index contributed by atoms with van der Waals surface area (Å²) in [5.41, 5.74) is -0.258. The van der Waals surface area contributed by atoms with Gasteiger partial charge < -0.3 is 4.74 Å². The Labute approximate surface area is 104 Å². The van der Waals surface area contributed by atoms with Crippen molar-refractivity contribution in [2.75, 3.05) is 0 Å². The Morgan fingerprint density at radius 1 is 1.11 bits per heavy atom. The monoisotopic (exact) mass is 286 g/mol. The first-order valence-corrected chi connectivity index (χ1v) is 5.02. The number of carbonyl (C=O) groups excluding carboxylic acids is 1. The van der Waals surface area contributed by atoms with Crippen LogP contribution in [0.25, 0.3) is 0 Å². The summed E-state index contributed by atoms with van der Waals surface area (Å²) in [4.78, 5) is 11.4. The van der Waals surface area contributed by atoms with Crippen LogP contribution < -0.4 is 4.74 Å². The van der Waals surface area contributed by atoms with Crippen LogP contribution in [-0.2, 0) is 0 Å². The number of benzene rings is 1. The summed E-state index contributed by atoms with van der Waals surface area (Å²) in [6.45, 7) is 0. The highest BCUT2D eigenvalue weighted by Crippen LogP contribution is 2.26. The Balaban J connectivity index is 2.73. The topological polar surface area (TPSA) is 26.3 Å². The van der Waals surface area contributed by atoms with Gasteiger partial charge in [0.2, 0.25) is 0 Å². The lowest BCUT2D eigenvalue weighted by atomic mass is 10.1. The molecule has 0 spiro atoms. The van der Waals surface area contributed by atoms with E-state index in [-0.39, 0.29) is 5.56 Å². The third-order valence-electron chi connectivity index (χ3n) is 2.03. The molecule has 19 heavy (non-hydrogen) atoms. The molecule has 106 valence electrons. The van der Waals surface area contributed by atoms with Crippen molar-refractivity contribution in [3.63, 3.8) is 0 Å². The predicted molar refractivity (Wildman–Crippen MR) is 52.7 cm³/mol. The van der Waals surface area contributed by atoms with E-state index in [9.17, 15) is 31.1 Å². The van der Waals surface area contributed by atoms with Crippen molar-refractivity contribution in [2.24, 2.45) is 0 Å². The molecule has 8 heteroatoms. The van der Waals surface area contributed by atoms with E-state index in [1.165, 1.54) is 0 Å². The average Bonchev–Trinajstić information content (AvgIpc) is 2.23. The first-order valence-electron chi connectivity index (χ1n) is 5.02. The Hall–Kier alpha value is -1.73. The number of hydrogen-bond donors (Lipinski definition) is 0. The van der Waals surface area contributed by atoms with E-state index >= 15 is 0 Å². The first kappa shape index (κ1) is 15.3. The van der Waals surface area contributed by atoms with Gasteiger partial charge >= 0.3 is 12.5 Å². The number of rotatable bonds is 4. The van der Waals surface area contributed by atoms with Crippen LogP contribution >= 0.6 is 0 Å². The van der Waals surface area contributed by atoms with Gasteiger partial charge in [0.1, 0.15) is 5.75 Å². The highest BCUT2D eigenvalue weighted by molar-refractivity contribution is 5.96. The molecular formula is C11H8F6O2. The molecular weight excluding hydrogens is 278 g/mol. The van der Waals surface area contributed by atoms with E-state index < -0.39 is 36.9 Å². The lowest BCUT2D eigenvalue weighted by Crippen LogP contribution is -2.17. The molecule has 0 aliphatic carbocycles. The van der Waals surface area contributed by atoms with Gasteiger partial charge in [0, 0.05) is 12.0 Å². The average molecular weight is 286 g/mol. The van der Waals surface area contributed by atoms with Crippen LogP contribution in [0.4, 0.5) is 26.3 Å². The second-order valence-corrected chi connectivity index (χ2v) is 3.61. The number of carbonyl (C=O) groups is 1. The van der Waals surface area contributed by atoms with Gasteiger partial charge in [-0.25, -0.2) is 0 Å². The number of hydrogen-bond acceptors (Lipinski definition) is 2. The van der Waals surface area contributed by atoms with Crippen molar-refractivity contribution in [1.29, 1.82) is 0 Å². The van der Waals surface area contributed by atoms with Gasteiger partial charge in [0.25, 0.3) is 0 Å². The van der Waals surface area contributed by atoms with Crippen LogP contribution in [-0.4, -0.2) is 18.3 Å². The van der Waals surface area contributed by atoms with E-state index in [1.807, 2.05) is 0 Å². The Morgan fingerprint density at radius 2 is 1.74 bits per heavy atom. The molecule has 1 aromatic carbocycles. The minimum Gasteiger partial charge on any atom is -0.406 e. The second kappa shape index (κ2) is 5.50. The molecule has 0 aromatic heterocycles. The minimum absolute atomic E-state index is 0.258. The van der Waals surface area contributed by atoms with Gasteiger partial charge in [-0.15, -0.1) is 13.2 Å². The Bertz CT molecular complexity index is 449. The maximum atomic E-state index is 11.9. The number of halogens is 6. The quantitative estimate of drug-likeness (QED) is 0.615. The lowest BCUT2D eigenvalue weighted by molar-refractivity contribution is -0.274. The summed E-state index contributed by atoms with van der Waals surface area (Å²) in [7, 11) is 0. The van der Waals surface area contributed by atoms with Crippen LogP contribution in [0.2, 0.25) is 0 Å². The second-order valence-electron chi connectivity index (χ2n) is 3.61. The fourth-order valence-corrected chi connectivity index (χ4v) is 1.27. The molecule has 0 unspecified atom stereocenters. The number of ether oxygens (including phenoxy) is 1. The normalized spacial score (nSPS) is 12.3. The van der Waals surface area contributed by atoms with Gasteiger partial charge in [-0.1, -0.05) is 12.1 Å². The van der Waals surface area contributed by atoms with E-state index in [2.05, 4.69) is 4.74 Å². The molecule has 0 saturated carbocycles. The van der Waals surface area contributed by atoms with E-state index in [0.717, 1.165) is 24.3 Å². The predicted octanol–water partition coefficient (Wildman–Crippen LogP) is 4.11. The van der Waals surface area contributed by atoms with Crippen LogP contribution in [0.5, 0.6) is 5.75 Å². The van der Waals surface area contributed by atoms with Crippen LogP contribution in [0.1, 0.15) is 23.2 Å². The van der Waals surface area contributed by atoms with E-state index in [0.29, 0.717) is 0 Å². The summed E-state index contributed by atoms with van der Waals surface area (Å²) in [6, 6.07) is 3.93. The molecule has 0 saturated heterocycles. The molecule has 0 N–H and O–H groups in total. The highest BCUT2D eigenvalue weighted by Gasteiger charge is 2.31. The molecule has 1 aromatic rings. The number of Topliss-reactive ketones (excluding diaryl/α,β-unsaturated/α-hetero) is 1. The highest BCUT2D eigenvalue weighted by atomic mass is 19.4. The maximum absolute atomic E-state index is 11.9. The summed E-state index contributed by atoms with van der Waals surface area (Å²) in [6.07, 6.45) is -11.6. The number of alkyl halides is 6. The van der Waals surface area contributed by atoms with Crippen molar-refractivity contribution in [2.45, 2.75) is 25.4 Å². The molecule has 1 rings (SSSR count). The maximum Gasteiger partial charge on any atom is 0.573 e. The molecule has 0 amide bonds. The molecule has 0 bridgehead atoms. The van der Waals surface area contributed by atoms with Crippen LogP contribution in [0.3, 0.4) is 0 Å². The van der Waals surface area contributed by atoms with Crippen molar-refractivity contribution in [1.82, 2.24) is 0 Å². The SMILES string of the molecule is O=C(CCC(F)(F)F)c1cccc(OC(F)(F)F)c1. The molecule has 0 atom stereocenters. The smallest absolute Gasteiger partial charge is 0.406 e. The summed E-state index contributed by atoms with van der Waals surface area (Å²) in [5, 5.41) is 0. The zero-order valence-electron chi connectivity index (χ0n) is 9.31. The third kappa shape index (κ3) is 6.12. The van der Waals surface area contributed by atoms with Crippen molar-refractivity contribution in [3.05, 3.63) is 29.8 Å². The molecule has 0 heterocycles. The summed E-state index contributed by atoms with van der Waals surface area (Å²) in [5.74, 6) is -1.55. The summed E-state index contributed by atoms with van der Waals surface area (Å²) < 4.78 is 75.1. The van der Waals surface area contributed by atoms with Gasteiger partial charge in [0.05, 0.1) is 6.42 Å².